The Balaban J connectivity index is 2.71. The fourth-order valence-corrected chi connectivity index (χ4v) is 1.74. The van der Waals surface area contributed by atoms with Crippen molar-refractivity contribution in [2.24, 2.45) is 5.92 Å². The number of amides is 1. The Labute approximate surface area is 126 Å². The first kappa shape index (κ1) is 17.7. The molecule has 6 nitrogen and oxygen atoms in total. The Morgan fingerprint density at radius 3 is 2.55 bits per heavy atom. The summed E-state index contributed by atoms with van der Waals surface area (Å²) in [6, 6.07) is 3.80. The molecule has 1 unspecified atom stereocenters. The van der Waals surface area contributed by atoms with Gasteiger partial charge in [-0.15, -0.1) is 0 Å². The molecule has 2 N–H and O–H groups in total. The molecule has 1 amide bonds. The van der Waals surface area contributed by atoms with Crippen LogP contribution in [0.15, 0.2) is 18.2 Å². The van der Waals surface area contributed by atoms with Crippen molar-refractivity contribution >= 4 is 11.9 Å². The van der Waals surface area contributed by atoms with E-state index in [1.165, 1.54) is 25.3 Å². The van der Waals surface area contributed by atoms with Crippen molar-refractivity contribution in [2.75, 3.05) is 13.7 Å². The lowest BCUT2D eigenvalue weighted by Crippen LogP contribution is -2.29. The van der Waals surface area contributed by atoms with E-state index in [1.54, 1.807) is 6.92 Å². The largest absolute Gasteiger partial charge is 0.493 e. The van der Waals surface area contributed by atoms with Crippen LogP contribution >= 0.6 is 0 Å². The van der Waals surface area contributed by atoms with Crippen LogP contribution in [0.1, 0.15) is 23.7 Å². The van der Waals surface area contributed by atoms with Crippen LogP contribution in [-0.4, -0.2) is 37.2 Å². The molecule has 0 radical (unpaired) electrons. The fraction of sp³-hybridized carbons (Fsp3) is 0.429. The van der Waals surface area contributed by atoms with E-state index >= 15 is 0 Å². The third-order valence-electron chi connectivity index (χ3n) is 2.78. The molecule has 1 aromatic carbocycles. The number of hydrogen-bond acceptors (Lipinski definition) is 4. The topological polar surface area (TPSA) is 84.9 Å². The third kappa shape index (κ3) is 5.55. The van der Waals surface area contributed by atoms with Gasteiger partial charge in [0.05, 0.1) is 7.11 Å². The highest BCUT2D eigenvalue weighted by molar-refractivity contribution is 5.94. The molecule has 0 aliphatic rings. The van der Waals surface area contributed by atoms with Gasteiger partial charge >= 0.3 is 12.6 Å². The van der Waals surface area contributed by atoms with Crippen molar-refractivity contribution in [3.63, 3.8) is 0 Å². The number of aliphatic carboxylic acids is 1. The van der Waals surface area contributed by atoms with Gasteiger partial charge < -0.3 is 19.9 Å². The van der Waals surface area contributed by atoms with E-state index in [4.69, 9.17) is 9.84 Å². The van der Waals surface area contributed by atoms with Gasteiger partial charge in [0.25, 0.3) is 5.91 Å². The Morgan fingerprint density at radius 2 is 2.00 bits per heavy atom. The van der Waals surface area contributed by atoms with Crippen LogP contribution in [0.4, 0.5) is 8.78 Å². The minimum atomic E-state index is -2.99. The van der Waals surface area contributed by atoms with Gasteiger partial charge in [0.1, 0.15) is 0 Å². The summed E-state index contributed by atoms with van der Waals surface area (Å²) in [6.07, 6.45) is -0.0647. The number of carbonyl (C=O) groups excluding carboxylic acids is 1. The van der Waals surface area contributed by atoms with Gasteiger partial charge in [0.15, 0.2) is 11.5 Å². The molecule has 1 aromatic rings. The van der Waals surface area contributed by atoms with Gasteiger partial charge in [-0.25, -0.2) is 0 Å². The van der Waals surface area contributed by atoms with E-state index in [9.17, 15) is 18.4 Å². The highest BCUT2D eigenvalue weighted by Gasteiger charge is 2.15. The Bertz CT molecular complexity index is 536. The molecule has 8 heteroatoms. The van der Waals surface area contributed by atoms with Crippen molar-refractivity contribution in [3.8, 4) is 11.5 Å². The van der Waals surface area contributed by atoms with E-state index in [2.05, 4.69) is 10.1 Å². The highest BCUT2D eigenvalue weighted by atomic mass is 19.3. The second-order valence-corrected chi connectivity index (χ2v) is 4.66. The van der Waals surface area contributed by atoms with Crippen LogP contribution in [0.5, 0.6) is 11.5 Å². The number of carboxylic acids is 1. The smallest absolute Gasteiger partial charge is 0.387 e. The van der Waals surface area contributed by atoms with Gasteiger partial charge in [-0.2, -0.15) is 8.78 Å². The number of hydrogen-bond donors (Lipinski definition) is 2. The summed E-state index contributed by atoms with van der Waals surface area (Å²) < 4.78 is 33.6. The Hall–Kier alpha value is -2.38. The molecule has 1 atom stereocenters. The first-order valence-corrected chi connectivity index (χ1v) is 6.46. The molecule has 0 aromatic heterocycles. The lowest BCUT2D eigenvalue weighted by Gasteiger charge is -2.13. The lowest BCUT2D eigenvalue weighted by atomic mass is 10.1. The van der Waals surface area contributed by atoms with Gasteiger partial charge in [-0.05, 0) is 24.1 Å². The summed E-state index contributed by atoms with van der Waals surface area (Å²) >= 11 is 0. The molecule has 1 rings (SSSR count). The minimum absolute atomic E-state index is 0.00605. The minimum Gasteiger partial charge on any atom is -0.493 e. The van der Waals surface area contributed by atoms with Crippen LogP contribution < -0.4 is 14.8 Å². The number of carbonyl (C=O) groups is 2. The summed E-state index contributed by atoms with van der Waals surface area (Å²) in [6.45, 7) is -1.12. The number of nitrogens with one attached hydrogen (secondary N) is 1. The van der Waals surface area contributed by atoms with Gasteiger partial charge in [0, 0.05) is 18.5 Å². The first-order valence-electron chi connectivity index (χ1n) is 6.46. The molecule has 22 heavy (non-hydrogen) atoms. The van der Waals surface area contributed by atoms with Crippen LogP contribution in [0.3, 0.4) is 0 Å². The SMILES string of the molecule is COc1cc(C(=O)NCC(C)CC(=O)O)ccc1OC(F)F. The van der Waals surface area contributed by atoms with Crippen LogP contribution in [0, 0.1) is 5.92 Å². The number of halogens is 2. The molecule has 0 heterocycles. The average Bonchev–Trinajstić information content (AvgIpc) is 2.43. The van der Waals surface area contributed by atoms with E-state index in [-0.39, 0.29) is 35.9 Å². The summed E-state index contributed by atoms with van der Waals surface area (Å²) in [7, 11) is 1.27. The zero-order valence-corrected chi connectivity index (χ0v) is 12.1. The Morgan fingerprint density at radius 1 is 1.32 bits per heavy atom. The standard InChI is InChI=1S/C14H17F2NO5/c1-8(5-12(18)19)7-17-13(20)9-3-4-10(22-14(15)16)11(6-9)21-2/h3-4,6,8,14H,5,7H2,1-2H3,(H,17,20)(H,18,19). The highest BCUT2D eigenvalue weighted by Crippen LogP contribution is 2.29. The maximum absolute atomic E-state index is 12.2. The molecule has 0 saturated carbocycles. The van der Waals surface area contributed by atoms with Crippen molar-refractivity contribution in [2.45, 2.75) is 20.0 Å². The summed E-state index contributed by atoms with van der Waals surface area (Å²) in [4.78, 5) is 22.5. The van der Waals surface area contributed by atoms with E-state index < -0.39 is 18.5 Å². The number of carboxylic acid groups (broad SMARTS) is 1. The van der Waals surface area contributed by atoms with Gasteiger partial charge in [-0.3, -0.25) is 9.59 Å². The van der Waals surface area contributed by atoms with Crippen LogP contribution in [-0.2, 0) is 4.79 Å². The normalized spacial score (nSPS) is 11.9. The van der Waals surface area contributed by atoms with Crippen LogP contribution in [0.2, 0.25) is 0 Å². The molecule has 122 valence electrons. The molecule has 0 aliphatic heterocycles. The monoisotopic (exact) mass is 317 g/mol. The molecule has 0 fully saturated rings. The maximum atomic E-state index is 12.2. The fourth-order valence-electron chi connectivity index (χ4n) is 1.74. The molecular weight excluding hydrogens is 300 g/mol. The van der Waals surface area contributed by atoms with Crippen molar-refractivity contribution in [3.05, 3.63) is 23.8 Å². The van der Waals surface area contributed by atoms with Crippen molar-refractivity contribution < 1.29 is 33.0 Å². The van der Waals surface area contributed by atoms with Crippen LogP contribution in [0.25, 0.3) is 0 Å². The van der Waals surface area contributed by atoms with Crippen molar-refractivity contribution in [1.29, 1.82) is 0 Å². The quantitative estimate of drug-likeness (QED) is 0.767. The van der Waals surface area contributed by atoms with Crippen molar-refractivity contribution in [1.82, 2.24) is 5.32 Å². The third-order valence-corrected chi connectivity index (χ3v) is 2.78. The zero-order valence-electron chi connectivity index (χ0n) is 12.1. The van der Waals surface area contributed by atoms with E-state index in [0.717, 1.165) is 0 Å². The summed E-state index contributed by atoms with van der Waals surface area (Å²) in [5, 5.41) is 11.2. The Kier molecular flexibility index (Phi) is 6.55. The first-order chi connectivity index (χ1) is 10.3. The molecule has 0 bridgehead atoms. The number of ether oxygens (including phenoxy) is 2. The molecule has 0 saturated heterocycles. The van der Waals surface area contributed by atoms with E-state index in [1.807, 2.05) is 0 Å². The lowest BCUT2D eigenvalue weighted by molar-refractivity contribution is -0.137. The maximum Gasteiger partial charge on any atom is 0.387 e. The second-order valence-electron chi connectivity index (χ2n) is 4.66. The average molecular weight is 317 g/mol. The second kappa shape index (κ2) is 8.16. The predicted molar refractivity (Wildman–Crippen MR) is 73.4 cm³/mol. The number of rotatable bonds is 8. The predicted octanol–water partition coefficient (Wildman–Crippen LogP) is 2.14. The molecular formula is C14H17F2NO5. The number of alkyl halides is 2. The molecule has 0 aliphatic carbocycles. The van der Waals surface area contributed by atoms with E-state index in [0.29, 0.717) is 0 Å². The van der Waals surface area contributed by atoms with Gasteiger partial charge in [0.2, 0.25) is 0 Å². The summed E-state index contributed by atoms with van der Waals surface area (Å²) in [5.74, 6) is -1.80. The summed E-state index contributed by atoms with van der Waals surface area (Å²) in [5.41, 5.74) is 0.195. The molecule has 0 spiro atoms. The number of methoxy groups -OCH3 is 1. The zero-order chi connectivity index (χ0) is 16.7. The number of benzene rings is 1. The van der Waals surface area contributed by atoms with Gasteiger partial charge in [-0.1, -0.05) is 6.92 Å².